The summed E-state index contributed by atoms with van der Waals surface area (Å²) >= 11 is 0. The molecule has 0 unspecified atom stereocenters. The molecule has 0 saturated heterocycles. The SMILES string of the molecule is CC(C)(C)OC(=O)NCc1ccc2cc(OCC[N+](C)(C)C)ccc2c1. The number of hydrogen-bond donors (Lipinski definition) is 1. The zero-order chi connectivity index (χ0) is 19.4. The molecule has 0 aliphatic rings. The van der Waals surface area contributed by atoms with Crippen molar-refractivity contribution in [1.29, 1.82) is 0 Å². The van der Waals surface area contributed by atoms with Gasteiger partial charge in [-0.2, -0.15) is 0 Å². The van der Waals surface area contributed by atoms with Crippen LogP contribution in [0.3, 0.4) is 0 Å². The van der Waals surface area contributed by atoms with E-state index in [1.165, 1.54) is 0 Å². The minimum atomic E-state index is -0.490. The van der Waals surface area contributed by atoms with Gasteiger partial charge in [-0.1, -0.05) is 18.2 Å². The van der Waals surface area contributed by atoms with Crippen molar-refractivity contribution >= 4 is 16.9 Å². The van der Waals surface area contributed by atoms with Crippen molar-refractivity contribution < 1.29 is 18.8 Å². The van der Waals surface area contributed by atoms with Crippen molar-refractivity contribution in [3.05, 3.63) is 42.0 Å². The van der Waals surface area contributed by atoms with E-state index in [1.54, 1.807) is 0 Å². The van der Waals surface area contributed by atoms with Gasteiger partial charge < -0.3 is 19.3 Å². The maximum absolute atomic E-state index is 11.8. The highest BCUT2D eigenvalue weighted by molar-refractivity contribution is 5.84. The summed E-state index contributed by atoms with van der Waals surface area (Å²) in [5, 5.41) is 5.02. The Balaban J connectivity index is 1.96. The van der Waals surface area contributed by atoms with Gasteiger partial charge in [0.1, 0.15) is 24.5 Å². The van der Waals surface area contributed by atoms with Crippen molar-refractivity contribution in [3.63, 3.8) is 0 Å². The number of alkyl carbamates (subject to hydrolysis) is 1. The van der Waals surface area contributed by atoms with Gasteiger partial charge in [-0.3, -0.25) is 0 Å². The number of carbonyl (C=O) groups is 1. The first-order valence-electron chi connectivity index (χ1n) is 8.95. The van der Waals surface area contributed by atoms with E-state index in [0.29, 0.717) is 13.2 Å². The highest BCUT2D eigenvalue weighted by Gasteiger charge is 2.15. The predicted molar refractivity (Wildman–Crippen MR) is 105 cm³/mol. The molecule has 2 aromatic rings. The third-order valence-corrected chi connectivity index (χ3v) is 3.74. The highest BCUT2D eigenvalue weighted by Crippen LogP contribution is 2.22. The van der Waals surface area contributed by atoms with Gasteiger partial charge in [0.15, 0.2) is 0 Å². The molecule has 0 aliphatic heterocycles. The Morgan fingerprint density at radius 2 is 1.69 bits per heavy atom. The van der Waals surface area contributed by atoms with Crippen LogP contribution in [0.15, 0.2) is 36.4 Å². The number of ether oxygens (including phenoxy) is 2. The van der Waals surface area contributed by atoms with Gasteiger partial charge >= 0.3 is 6.09 Å². The van der Waals surface area contributed by atoms with Crippen LogP contribution in [0.1, 0.15) is 26.3 Å². The second-order valence-electron chi connectivity index (χ2n) is 8.56. The van der Waals surface area contributed by atoms with E-state index < -0.39 is 11.7 Å². The van der Waals surface area contributed by atoms with Crippen LogP contribution in [0.2, 0.25) is 0 Å². The average molecular weight is 359 g/mol. The number of quaternary nitrogens is 1. The van der Waals surface area contributed by atoms with Crippen molar-refractivity contribution in [2.75, 3.05) is 34.3 Å². The molecule has 1 N–H and O–H groups in total. The van der Waals surface area contributed by atoms with Crippen molar-refractivity contribution in [3.8, 4) is 5.75 Å². The third-order valence-electron chi connectivity index (χ3n) is 3.74. The minimum absolute atomic E-state index is 0.404. The van der Waals surface area contributed by atoms with E-state index in [-0.39, 0.29) is 0 Å². The van der Waals surface area contributed by atoms with Gasteiger partial charge in [0, 0.05) is 6.54 Å². The van der Waals surface area contributed by atoms with Crippen LogP contribution in [0, 0.1) is 0 Å². The molecule has 0 aromatic heterocycles. The molecule has 0 radical (unpaired) electrons. The number of likely N-dealkylation sites (N-methyl/N-ethyl adjacent to an activating group) is 1. The Kier molecular flexibility index (Phi) is 6.13. The lowest BCUT2D eigenvalue weighted by Crippen LogP contribution is -2.38. The number of rotatable bonds is 6. The third kappa shape index (κ3) is 6.92. The summed E-state index contributed by atoms with van der Waals surface area (Å²) in [4.78, 5) is 11.8. The second-order valence-corrected chi connectivity index (χ2v) is 8.56. The van der Waals surface area contributed by atoms with Crippen LogP contribution in [0.5, 0.6) is 5.75 Å². The standard InChI is InChI=1S/C21H30N2O3/c1-21(2,3)26-20(24)22-15-16-7-8-18-14-19(10-9-17(18)13-16)25-12-11-23(4,5)6/h7-10,13-14H,11-12,15H2,1-6H3/p+1. The van der Waals surface area contributed by atoms with Gasteiger partial charge in [-0.15, -0.1) is 0 Å². The number of amides is 1. The van der Waals surface area contributed by atoms with Gasteiger partial charge in [0.25, 0.3) is 0 Å². The molecule has 0 atom stereocenters. The summed E-state index contributed by atoms with van der Waals surface area (Å²) in [6.45, 7) is 7.63. The van der Waals surface area contributed by atoms with E-state index in [0.717, 1.165) is 33.1 Å². The summed E-state index contributed by atoms with van der Waals surface area (Å²) in [7, 11) is 6.45. The molecule has 142 valence electrons. The molecule has 0 spiro atoms. The molecular formula is C21H31N2O3+. The molecule has 0 aliphatic carbocycles. The fraction of sp³-hybridized carbons (Fsp3) is 0.476. The fourth-order valence-corrected chi connectivity index (χ4v) is 2.40. The number of benzene rings is 2. The van der Waals surface area contributed by atoms with Crippen molar-refractivity contribution in [2.45, 2.75) is 32.9 Å². The Hall–Kier alpha value is -2.27. The van der Waals surface area contributed by atoms with E-state index in [9.17, 15) is 4.79 Å². The average Bonchev–Trinajstić information content (AvgIpc) is 2.50. The highest BCUT2D eigenvalue weighted by atomic mass is 16.6. The number of hydrogen-bond acceptors (Lipinski definition) is 3. The zero-order valence-corrected chi connectivity index (χ0v) is 16.8. The van der Waals surface area contributed by atoms with Crippen LogP contribution < -0.4 is 10.1 Å². The summed E-state index contributed by atoms with van der Waals surface area (Å²) in [6.07, 6.45) is -0.404. The van der Waals surface area contributed by atoms with Crippen LogP contribution >= 0.6 is 0 Å². The molecule has 2 rings (SSSR count). The van der Waals surface area contributed by atoms with Gasteiger partial charge in [-0.05, 0) is 55.3 Å². The Labute approximate surface area is 156 Å². The minimum Gasteiger partial charge on any atom is -0.488 e. The van der Waals surface area contributed by atoms with Crippen molar-refractivity contribution in [2.24, 2.45) is 0 Å². The molecule has 5 heteroatoms. The fourth-order valence-electron chi connectivity index (χ4n) is 2.40. The first-order chi connectivity index (χ1) is 12.0. The van der Waals surface area contributed by atoms with Crippen LogP contribution in [-0.2, 0) is 11.3 Å². The van der Waals surface area contributed by atoms with Crippen molar-refractivity contribution in [1.82, 2.24) is 5.32 Å². The quantitative estimate of drug-likeness (QED) is 0.795. The Morgan fingerprint density at radius 3 is 2.35 bits per heavy atom. The Bertz CT molecular complexity index is 758. The van der Waals surface area contributed by atoms with Crippen LogP contribution in [0.4, 0.5) is 4.79 Å². The maximum Gasteiger partial charge on any atom is 0.407 e. The van der Waals surface area contributed by atoms with E-state index in [1.807, 2.05) is 45.0 Å². The predicted octanol–water partition coefficient (Wildman–Crippen LogP) is 3.95. The number of nitrogens with zero attached hydrogens (tertiary/aromatic N) is 1. The number of carbonyl (C=O) groups excluding carboxylic acids is 1. The zero-order valence-electron chi connectivity index (χ0n) is 16.8. The molecule has 0 bridgehead atoms. The number of nitrogens with one attached hydrogen (secondary N) is 1. The maximum atomic E-state index is 11.8. The Morgan fingerprint density at radius 1 is 1.04 bits per heavy atom. The first-order valence-corrected chi connectivity index (χ1v) is 8.95. The summed E-state index contributed by atoms with van der Waals surface area (Å²) in [6, 6.07) is 12.2. The molecule has 2 aromatic carbocycles. The van der Waals surface area contributed by atoms with Gasteiger partial charge in [0.2, 0.25) is 0 Å². The molecule has 0 fully saturated rings. The smallest absolute Gasteiger partial charge is 0.407 e. The first kappa shape index (κ1) is 20.0. The number of fused-ring (bicyclic) bond motifs is 1. The second kappa shape index (κ2) is 7.96. The molecule has 26 heavy (non-hydrogen) atoms. The molecular weight excluding hydrogens is 328 g/mol. The van der Waals surface area contributed by atoms with Gasteiger partial charge in [0.05, 0.1) is 21.1 Å². The molecule has 0 heterocycles. The van der Waals surface area contributed by atoms with E-state index in [2.05, 4.69) is 38.6 Å². The molecule has 1 amide bonds. The summed E-state index contributed by atoms with van der Waals surface area (Å²) < 4.78 is 12.0. The van der Waals surface area contributed by atoms with Crippen LogP contribution in [-0.4, -0.2) is 50.5 Å². The van der Waals surface area contributed by atoms with E-state index in [4.69, 9.17) is 9.47 Å². The van der Waals surface area contributed by atoms with Gasteiger partial charge in [-0.25, -0.2) is 4.79 Å². The summed E-state index contributed by atoms with van der Waals surface area (Å²) in [5.41, 5.74) is 0.539. The summed E-state index contributed by atoms with van der Waals surface area (Å²) in [5.74, 6) is 0.880. The normalized spacial score (nSPS) is 12.1. The molecule has 5 nitrogen and oxygen atoms in total. The monoisotopic (exact) mass is 359 g/mol. The lowest BCUT2D eigenvalue weighted by molar-refractivity contribution is -0.870. The van der Waals surface area contributed by atoms with Crippen LogP contribution in [0.25, 0.3) is 10.8 Å². The van der Waals surface area contributed by atoms with E-state index >= 15 is 0 Å². The largest absolute Gasteiger partial charge is 0.488 e. The lowest BCUT2D eigenvalue weighted by Gasteiger charge is -2.23. The molecule has 0 saturated carbocycles. The topological polar surface area (TPSA) is 47.6 Å². The lowest BCUT2D eigenvalue weighted by atomic mass is 10.1.